The van der Waals surface area contributed by atoms with Crippen molar-refractivity contribution >= 4 is 5.97 Å². The summed E-state index contributed by atoms with van der Waals surface area (Å²) in [6, 6.07) is 5.27. The van der Waals surface area contributed by atoms with Crippen molar-refractivity contribution in [2.24, 2.45) is 0 Å². The highest BCUT2D eigenvalue weighted by molar-refractivity contribution is 5.88. The van der Waals surface area contributed by atoms with Crippen LogP contribution in [0.1, 0.15) is 17.8 Å². The van der Waals surface area contributed by atoms with Crippen molar-refractivity contribution in [1.82, 2.24) is 4.98 Å². The van der Waals surface area contributed by atoms with Crippen molar-refractivity contribution < 1.29 is 14.3 Å². The minimum absolute atomic E-state index is 0. The summed E-state index contributed by atoms with van der Waals surface area (Å²) in [5.74, 6) is -1.71. The third-order valence-electron chi connectivity index (χ3n) is 2.33. The van der Waals surface area contributed by atoms with Crippen LogP contribution in [0.5, 0.6) is 0 Å². The van der Waals surface area contributed by atoms with Crippen LogP contribution in [0.2, 0.25) is 0 Å². The second-order valence-corrected chi connectivity index (χ2v) is 3.42. The van der Waals surface area contributed by atoms with Crippen LogP contribution < -0.4 is 5.43 Å². The molecule has 0 saturated carbocycles. The van der Waals surface area contributed by atoms with Crippen LogP contribution in [0.25, 0.3) is 11.1 Å². The van der Waals surface area contributed by atoms with Crippen LogP contribution in [-0.4, -0.2) is 16.1 Å². The van der Waals surface area contributed by atoms with Crippen molar-refractivity contribution in [3.05, 3.63) is 58.3 Å². The zero-order valence-electron chi connectivity index (χ0n) is 8.61. The van der Waals surface area contributed by atoms with E-state index in [4.69, 9.17) is 5.11 Å². The lowest BCUT2D eigenvalue weighted by Gasteiger charge is -2.01. The smallest absolute Gasteiger partial charge is 0.341 e. The maximum absolute atomic E-state index is 12.7. The topological polar surface area (TPSA) is 70.2 Å². The van der Waals surface area contributed by atoms with Crippen molar-refractivity contribution in [2.45, 2.75) is 7.43 Å². The number of aromatic nitrogens is 1. The van der Waals surface area contributed by atoms with Gasteiger partial charge < -0.3 is 10.1 Å². The molecule has 5 heteroatoms. The standard InChI is InChI=1S/C12H8FNO3.CH4/c13-8-3-1-7(2-4-8)9-5-14-6-10(11(9)15)12(16)17;/h1-6H,(H,14,15)(H,16,17);1H4. The molecule has 1 heterocycles. The van der Waals surface area contributed by atoms with E-state index >= 15 is 0 Å². The minimum Gasteiger partial charge on any atom is -0.477 e. The third-order valence-corrected chi connectivity index (χ3v) is 2.33. The molecule has 0 atom stereocenters. The molecule has 2 aromatic rings. The van der Waals surface area contributed by atoms with Gasteiger partial charge in [0, 0.05) is 18.0 Å². The number of carboxylic acids is 1. The van der Waals surface area contributed by atoms with Gasteiger partial charge in [0.25, 0.3) is 0 Å². The summed E-state index contributed by atoms with van der Waals surface area (Å²) < 4.78 is 12.7. The van der Waals surface area contributed by atoms with Crippen LogP contribution in [0.3, 0.4) is 0 Å². The monoisotopic (exact) mass is 249 g/mol. The second kappa shape index (κ2) is 5.27. The molecular formula is C13H12FNO3. The Kier molecular flexibility index (Phi) is 3.99. The lowest BCUT2D eigenvalue weighted by atomic mass is 10.1. The van der Waals surface area contributed by atoms with Crippen molar-refractivity contribution in [3.63, 3.8) is 0 Å². The average Bonchev–Trinajstić information content (AvgIpc) is 2.30. The number of H-pyrrole nitrogens is 1. The predicted octanol–water partition coefficient (Wildman–Crippen LogP) is 2.52. The Morgan fingerprint density at radius 1 is 1.17 bits per heavy atom. The van der Waals surface area contributed by atoms with E-state index in [1.54, 1.807) is 0 Å². The Balaban J connectivity index is 0.00000162. The highest BCUT2D eigenvalue weighted by atomic mass is 19.1. The number of carbonyl (C=O) groups is 1. The van der Waals surface area contributed by atoms with E-state index in [-0.39, 0.29) is 18.6 Å². The van der Waals surface area contributed by atoms with Gasteiger partial charge in [-0.15, -0.1) is 0 Å². The summed E-state index contributed by atoms with van der Waals surface area (Å²) in [6.07, 6.45) is 2.51. The fourth-order valence-corrected chi connectivity index (χ4v) is 1.49. The van der Waals surface area contributed by atoms with Gasteiger partial charge in [0.15, 0.2) is 0 Å². The molecule has 94 valence electrons. The highest BCUT2D eigenvalue weighted by Crippen LogP contribution is 2.15. The first-order chi connectivity index (χ1) is 8.09. The number of nitrogens with one attached hydrogen (secondary N) is 1. The van der Waals surface area contributed by atoms with Gasteiger partial charge in [-0.2, -0.15) is 0 Å². The molecule has 18 heavy (non-hydrogen) atoms. The van der Waals surface area contributed by atoms with Gasteiger partial charge in [-0.3, -0.25) is 4.79 Å². The molecule has 1 aromatic carbocycles. The Hall–Kier alpha value is -2.43. The van der Waals surface area contributed by atoms with Gasteiger partial charge in [0.1, 0.15) is 11.4 Å². The number of halogens is 1. The summed E-state index contributed by atoms with van der Waals surface area (Å²) >= 11 is 0. The first-order valence-corrected chi connectivity index (χ1v) is 4.80. The molecule has 0 unspecified atom stereocenters. The minimum atomic E-state index is -1.30. The van der Waals surface area contributed by atoms with Gasteiger partial charge in [-0.05, 0) is 17.7 Å². The van der Waals surface area contributed by atoms with E-state index < -0.39 is 17.2 Å². The Morgan fingerprint density at radius 2 is 1.78 bits per heavy atom. The number of hydrogen-bond acceptors (Lipinski definition) is 2. The number of aromatic carboxylic acids is 1. The molecule has 0 fully saturated rings. The molecule has 0 spiro atoms. The quantitative estimate of drug-likeness (QED) is 0.859. The van der Waals surface area contributed by atoms with Gasteiger partial charge in [0.2, 0.25) is 5.43 Å². The fourth-order valence-electron chi connectivity index (χ4n) is 1.49. The number of pyridine rings is 1. The molecule has 2 rings (SSSR count). The van der Waals surface area contributed by atoms with Crippen LogP contribution in [0.4, 0.5) is 4.39 Å². The van der Waals surface area contributed by atoms with Gasteiger partial charge >= 0.3 is 5.97 Å². The second-order valence-electron chi connectivity index (χ2n) is 3.42. The number of carboxylic acid groups (broad SMARTS) is 1. The lowest BCUT2D eigenvalue weighted by Crippen LogP contribution is -2.16. The maximum Gasteiger partial charge on any atom is 0.341 e. The predicted molar refractivity (Wildman–Crippen MR) is 66.1 cm³/mol. The zero-order valence-corrected chi connectivity index (χ0v) is 8.61. The Bertz CT molecular complexity index is 617. The van der Waals surface area contributed by atoms with Crippen molar-refractivity contribution in [1.29, 1.82) is 0 Å². The average molecular weight is 249 g/mol. The number of aromatic amines is 1. The van der Waals surface area contributed by atoms with E-state index in [1.807, 2.05) is 0 Å². The molecule has 0 aliphatic carbocycles. The Morgan fingerprint density at radius 3 is 2.33 bits per heavy atom. The molecule has 1 aromatic heterocycles. The van der Waals surface area contributed by atoms with Gasteiger partial charge in [0.05, 0.1) is 0 Å². The molecular weight excluding hydrogens is 237 g/mol. The van der Waals surface area contributed by atoms with Crippen LogP contribution >= 0.6 is 0 Å². The summed E-state index contributed by atoms with van der Waals surface area (Å²) in [5.41, 5.74) is -0.268. The SMILES string of the molecule is C.O=C(O)c1c[nH]cc(-c2ccc(F)cc2)c1=O. The normalized spacial score (nSPS) is 9.61. The lowest BCUT2D eigenvalue weighted by molar-refractivity contribution is 0.0695. The van der Waals surface area contributed by atoms with Crippen LogP contribution in [0.15, 0.2) is 41.5 Å². The van der Waals surface area contributed by atoms with Gasteiger partial charge in [-0.1, -0.05) is 19.6 Å². The molecule has 0 aliphatic rings. The molecule has 0 amide bonds. The molecule has 4 nitrogen and oxygen atoms in total. The third kappa shape index (κ3) is 2.45. The molecule has 0 bridgehead atoms. The number of hydrogen-bond donors (Lipinski definition) is 2. The van der Waals surface area contributed by atoms with E-state index in [0.717, 1.165) is 6.20 Å². The first-order valence-electron chi connectivity index (χ1n) is 4.80. The Labute approximate surface area is 103 Å². The largest absolute Gasteiger partial charge is 0.477 e. The van der Waals surface area contributed by atoms with Gasteiger partial charge in [-0.25, -0.2) is 9.18 Å². The van der Waals surface area contributed by atoms with E-state index in [9.17, 15) is 14.0 Å². The zero-order chi connectivity index (χ0) is 12.4. The highest BCUT2D eigenvalue weighted by Gasteiger charge is 2.12. The summed E-state index contributed by atoms with van der Waals surface area (Å²) in [5, 5.41) is 8.80. The van der Waals surface area contributed by atoms with Crippen LogP contribution in [0, 0.1) is 5.82 Å². The molecule has 0 saturated heterocycles. The first kappa shape index (κ1) is 13.6. The summed E-state index contributed by atoms with van der Waals surface area (Å²) in [7, 11) is 0. The maximum atomic E-state index is 12.7. The van der Waals surface area contributed by atoms with Crippen LogP contribution in [-0.2, 0) is 0 Å². The van der Waals surface area contributed by atoms with E-state index in [2.05, 4.69) is 4.98 Å². The fraction of sp³-hybridized carbons (Fsp3) is 0.0769. The summed E-state index contributed by atoms with van der Waals surface area (Å²) in [6.45, 7) is 0. The molecule has 0 radical (unpaired) electrons. The van der Waals surface area contributed by atoms with Crippen molar-refractivity contribution in [3.8, 4) is 11.1 Å². The molecule has 2 N–H and O–H groups in total. The van der Waals surface area contributed by atoms with E-state index in [0.29, 0.717) is 5.56 Å². The van der Waals surface area contributed by atoms with Crippen molar-refractivity contribution in [2.75, 3.05) is 0 Å². The number of rotatable bonds is 2. The molecule has 0 aliphatic heterocycles. The number of benzene rings is 1. The summed E-state index contributed by atoms with van der Waals surface area (Å²) in [4.78, 5) is 25.2. The van der Waals surface area contributed by atoms with E-state index in [1.165, 1.54) is 30.5 Å².